The molecular weight excluding hydrogens is 334 g/mol. The molecule has 2 N–H and O–H groups in total. The van der Waals surface area contributed by atoms with Crippen molar-refractivity contribution < 1.29 is 9.59 Å². The second-order valence-corrected chi connectivity index (χ2v) is 7.45. The van der Waals surface area contributed by atoms with E-state index in [-0.39, 0.29) is 18.4 Å². The van der Waals surface area contributed by atoms with Crippen LogP contribution in [-0.4, -0.2) is 25.4 Å². The van der Waals surface area contributed by atoms with Gasteiger partial charge in [0.25, 0.3) is 11.8 Å². The molecule has 0 fully saturated rings. The molecule has 0 unspecified atom stereocenters. The van der Waals surface area contributed by atoms with Crippen LogP contribution in [0.15, 0.2) is 36.4 Å². The number of anilines is 1. The molecule has 3 rings (SSSR count). The van der Waals surface area contributed by atoms with Crippen molar-refractivity contribution in [2.45, 2.75) is 32.1 Å². The number of hydrogen-bond acceptors (Lipinski definition) is 4. The summed E-state index contributed by atoms with van der Waals surface area (Å²) in [5.41, 5.74) is 7.27. The molecule has 2 amide bonds. The number of likely N-dealkylation sites (N-methyl/N-ethyl adjacent to an activating group) is 1. The lowest BCUT2D eigenvalue weighted by atomic mass is 10.1. The Labute approximate surface area is 152 Å². The number of para-hydroxylation sites is 1. The smallest absolute Gasteiger partial charge is 0.279 e. The zero-order valence-corrected chi connectivity index (χ0v) is 15.2. The van der Waals surface area contributed by atoms with Crippen molar-refractivity contribution in [3.8, 4) is 0 Å². The van der Waals surface area contributed by atoms with Gasteiger partial charge in [-0.15, -0.1) is 11.3 Å². The van der Waals surface area contributed by atoms with Crippen LogP contribution in [0.2, 0.25) is 0 Å². The Kier molecular flexibility index (Phi) is 5.71. The van der Waals surface area contributed by atoms with Gasteiger partial charge in [0.2, 0.25) is 0 Å². The van der Waals surface area contributed by atoms with Crippen molar-refractivity contribution in [2.75, 3.05) is 18.5 Å². The number of fused-ring (bicyclic) bond motifs is 1. The average molecular weight is 357 g/mol. The lowest BCUT2D eigenvalue weighted by molar-refractivity contribution is -0.120. The summed E-state index contributed by atoms with van der Waals surface area (Å²) in [5.74, 6) is -0.494. The lowest BCUT2D eigenvalue weighted by Crippen LogP contribution is -2.45. The van der Waals surface area contributed by atoms with E-state index in [9.17, 15) is 9.59 Å². The number of thiophene rings is 1. The van der Waals surface area contributed by atoms with E-state index < -0.39 is 0 Å². The molecule has 0 saturated carbocycles. The Morgan fingerprint density at radius 3 is 2.64 bits per heavy atom. The predicted octanol–water partition coefficient (Wildman–Crippen LogP) is 2.91. The summed E-state index contributed by atoms with van der Waals surface area (Å²) in [6.45, 7) is 0.172. The zero-order chi connectivity index (χ0) is 17.6. The maximum Gasteiger partial charge on any atom is 0.279 e. The first-order valence-corrected chi connectivity index (χ1v) is 9.42. The predicted molar refractivity (Wildman–Crippen MR) is 101 cm³/mol. The normalized spacial score (nSPS) is 13.5. The molecule has 1 heterocycles. The molecule has 0 radical (unpaired) electrons. The number of nitrogens with zero attached hydrogens (tertiary/aromatic N) is 1. The monoisotopic (exact) mass is 357 g/mol. The van der Waals surface area contributed by atoms with E-state index in [0.29, 0.717) is 4.88 Å². The quantitative estimate of drug-likeness (QED) is 0.653. The number of hydrogen-bond donors (Lipinski definition) is 2. The molecule has 1 aliphatic rings. The highest BCUT2D eigenvalue weighted by atomic mass is 32.1. The Bertz CT molecular complexity index is 719. The summed E-state index contributed by atoms with van der Waals surface area (Å²) in [7, 11) is 1.84. The molecule has 25 heavy (non-hydrogen) atoms. The van der Waals surface area contributed by atoms with Crippen LogP contribution in [-0.2, 0) is 17.6 Å². The minimum absolute atomic E-state index is 0.172. The van der Waals surface area contributed by atoms with Crippen LogP contribution in [0.25, 0.3) is 0 Å². The first kappa shape index (κ1) is 17.5. The van der Waals surface area contributed by atoms with Crippen molar-refractivity contribution in [1.29, 1.82) is 0 Å². The van der Waals surface area contributed by atoms with E-state index in [1.165, 1.54) is 29.7 Å². The summed E-state index contributed by atoms with van der Waals surface area (Å²) in [6, 6.07) is 11.6. The topological polar surface area (TPSA) is 61.4 Å². The Hall–Kier alpha value is -2.34. The van der Waals surface area contributed by atoms with Gasteiger partial charge < -0.3 is 4.90 Å². The highest BCUT2D eigenvalue weighted by Gasteiger charge is 2.17. The number of carbonyl (C=O) groups is 2. The van der Waals surface area contributed by atoms with Crippen LogP contribution in [0.4, 0.5) is 5.69 Å². The molecule has 0 bridgehead atoms. The summed E-state index contributed by atoms with van der Waals surface area (Å²) in [4.78, 5) is 28.1. The lowest BCUT2D eigenvalue weighted by Gasteiger charge is -2.18. The fourth-order valence-electron chi connectivity index (χ4n) is 3.00. The van der Waals surface area contributed by atoms with Gasteiger partial charge in [0.1, 0.15) is 0 Å². The van der Waals surface area contributed by atoms with E-state index in [4.69, 9.17) is 0 Å². The highest BCUT2D eigenvalue weighted by Crippen LogP contribution is 2.28. The van der Waals surface area contributed by atoms with Gasteiger partial charge in [0, 0.05) is 17.6 Å². The zero-order valence-electron chi connectivity index (χ0n) is 14.4. The Morgan fingerprint density at radius 1 is 1.08 bits per heavy atom. The van der Waals surface area contributed by atoms with Crippen molar-refractivity contribution in [3.05, 3.63) is 51.7 Å². The van der Waals surface area contributed by atoms with Gasteiger partial charge in [0.15, 0.2) is 0 Å². The van der Waals surface area contributed by atoms with Gasteiger partial charge in [-0.1, -0.05) is 24.6 Å². The minimum atomic E-state index is -0.252. The highest BCUT2D eigenvalue weighted by molar-refractivity contribution is 7.14. The third-order valence-corrected chi connectivity index (χ3v) is 5.60. The van der Waals surface area contributed by atoms with E-state index >= 15 is 0 Å². The third-order valence-electron chi connectivity index (χ3n) is 4.36. The molecule has 0 aliphatic heterocycles. The standard InChI is InChI=1S/C19H23N3O2S/c1-22(15-9-5-3-6-10-15)13-18(23)20-21-19(24)17-12-14-8-4-2-7-11-16(14)25-17/h3,5-6,9-10,12H,2,4,7-8,11,13H2,1H3,(H,20,23)(H,21,24). The molecule has 0 atom stereocenters. The Balaban J connectivity index is 1.51. The fraction of sp³-hybridized carbons (Fsp3) is 0.368. The van der Waals surface area contributed by atoms with Crippen LogP contribution >= 0.6 is 11.3 Å². The second-order valence-electron chi connectivity index (χ2n) is 6.31. The second kappa shape index (κ2) is 8.16. The minimum Gasteiger partial charge on any atom is -0.365 e. The molecular formula is C19H23N3O2S. The molecule has 132 valence electrons. The molecule has 1 aromatic heterocycles. The number of nitrogens with one attached hydrogen (secondary N) is 2. The largest absolute Gasteiger partial charge is 0.365 e. The molecule has 1 aromatic carbocycles. The third kappa shape index (κ3) is 4.60. The average Bonchev–Trinajstić information content (AvgIpc) is 2.91. The van der Waals surface area contributed by atoms with E-state index in [1.807, 2.05) is 48.3 Å². The van der Waals surface area contributed by atoms with Crippen molar-refractivity contribution in [2.24, 2.45) is 0 Å². The van der Waals surface area contributed by atoms with Crippen LogP contribution in [0, 0.1) is 0 Å². The number of rotatable bonds is 4. The van der Waals surface area contributed by atoms with E-state index in [0.717, 1.165) is 18.5 Å². The van der Waals surface area contributed by atoms with Gasteiger partial charge in [-0.25, -0.2) is 0 Å². The van der Waals surface area contributed by atoms with Crippen LogP contribution in [0.1, 0.15) is 39.4 Å². The number of benzene rings is 1. The van der Waals surface area contributed by atoms with Gasteiger partial charge in [-0.3, -0.25) is 20.4 Å². The molecule has 0 spiro atoms. The number of carbonyl (C=O) groups excluding carboxylic acids is 2. The van der Waals surface area contributed by atoms with Gasteiger partial charge in [0.05, 0.1) is 11.4 Å². The number of hydrazine groups is 1. The van der Waals surface area contributed by atoms with E-state index in [1.54, 1.807) is 11.3 Å². The molecule has 5 nitrogen and oxygen atoms in total. The van der Waals surface area contributed by atoms with Crippen LogP contribution in [0.5, 0.6) is 0 Å². The van der Waals surface area contributed by atoms with Crippen LogP contribution < -0.4 is 15.8 Å². The van der Waals surface area contributed by atoms with Crippen molar-refractivity contribution in [3.63, 3.8) is 0 Å². The maximum absolute atomic E-state index is 12.3. The number of aryl methyl sites for hydroxylation is 2. The SMILES string of the molecule is CN(CC(=O)NNC(=O)c1cc2c(s1)CCCCC2)c1ccccc1. The summed E-state index contributed by atoms with van der Waals surface area (Å²) in [6.07, 6.45) is 5.74. The fourth-order valence-corrected chi connectivity index (χ4v) is 4.14. The maximum atomic E-state index is 12.3. The van der Waals surface area contributed by atoms with Crippen LogP contribution in [0.3, 0.4) is 0 Å². The Morgan fingerprint density at radius 2 is 1.84 bits per heavy atom. The molecule has 1 aliphatic carbocycles. The summed E-state index contributed by atoms with van der Waals surface area (Å²) in [5, 5.41) is 0. The molecule has 0 saturated heterocycles. The number of amides is 2. The van der Waals surface area contributed by atoms with Gasteiger partial charge in [-0.05, 0) is 49.4 Å². The first-order chi connectivity index (χ1) is 12.1. The van der Waals surface area contributed by atoms with Gasteiger partial charge >= 0.3 is 0 Å². The first-order valence-electron chi connectivity index (χ1n) is 8.60. The molecule has 2 aromatic rings. The van der Waals surface area contributed by atoms with E-state index in [2.05, 4.69) is 10.9 Å². The molecule has 6 heteroatoms. The summed E-state index contributed by atoms with van der Waals surface area (Å²) < 4.78 is 0. The van der Waals surface area contributed by atoms with Crippen molar-refractivity contribution in [1.82, 2.24) is 10.9 Å². The summed E-state index contributed by atoms with van der Waals surface area (Å²) >= 11 is 1.55. The van der Waals surface area contributed by atoms with Gasteiger partial charge in [-0.2, -0.15) is 0 Å². The van der Waals surface area contributed by atoms with Crippen molar-refractivity contribution >= 4 is 28.8 Å².